The number of fused-ring (bicyclic) bond motifs is 5. The lowest BCUT2D eigenvalue weighted by molar-refractivity contribution is -0.220. The molecule has 0 aliphatic heterocycles. The topological polar surface area (TPSA) is 211 Å². The van der Waals surface area contributed by atoms with E-state index < -0.39 is 88.3 Å². The maximum absolute atomic E-state index is 17.4. The van der Waals surface area contributed by atoms with Gasteiger partial charge in [-0.25, -0.2) is 14.2 Å². The minimum atomic E-state index is -2.10. The first-order chi connectivity index (χ1) is 22.4. The molecule has 0 bridgehead atoms. The fourth-order valence-corrected chi connectivity index (χ4v) is 9.04. The number of rotatable bonds is 11. The third kappa shape index (κ3) is 5.61. The Morgan fingerprint density at radius 1 is 1.25 bits per heavy atom. The third-order valence-corrected chi connectivity index (χ3v) is 11.7. The Labute approximate surface area is 277 Å². The standard InChI is InChI=1S/C34H45FN4O9/c1-18-11-24-23-6-5-20-12-22(40)7-9-31(20,3)33(23,35)26(41)14-32(24,4)34(18,47)27(42)16-48-28(43)8-10-39-15-21(37-17-39)13-25(30(45)46)38-29(44)19(2)36/h7,9,12,15,17-19,23-26,41,47H,5-6,8,10-11,13-14,16,36H2,1-4H3,(H,38,44)(H,45,46)/t18-,19?,23+,24+,25?,26+,31+,32+,33+,34+/m1/s1. The molecular formula is C34H45FN4O9. The number of ether oxygens (including phenoxy) is 1. The van der Waals surface area contributed by atoms with E-state index in [1.807, 2.05) is 0 Å². The van der Waals surface area contributed by atoms with Crippen molar-refractivity contribution in [2.24, 2.45) is 34.3 Å². The monoisotopic (exact) mass is 672 g/mol. The number of ketones is 2. The van der Waals surface area contributed by atoms with Crippen molar-refractivity contribution in [2.45, 2.75) is 102 Å². The van der Waals surface area contributed by atoms with Gasteiger partial charge in [0.2, 0.25) is 11.7 Å². The quantitative estimate of drug-likeness (QED) is 0.211. The number of carbonyl (C=O) groups excluding carboxylic acids is 4. The number of alkyl halides is 1. The number of aliphatic carboxylic acids is 1. The highest BCUT2D eigenvalue weighted by atomic mass is 19.1. The zero-order valence-electron chi connectivity index (χ0n) is 27.6. The zero-order chi connectivity index (χ0) is 35.4. The van der Waals surface area contributed by atoms with Crippen LogP contribution in [0, 0.1) is 28.6 Å². The molecule has 4 aliphatic rings. The van der Waals surface area contributed by atoms with E-state index in [9.17, 15) is 39.3 Å². The molecule has 0 radical (unpaired) electrons. The molecule has 3 saturated carbocycles. The second-order valence-corrected chi connectivity index (χ2v) is 14.5. The largest absolute Gasteiger partial charge is 0.480 e. The molecule has 13 nitrogen and oxygen atoms in total. The van der Waals surface area contributed by atoms with E-state index >= 15 is 4.39 Å². The van der Waals surface area contributed by atoms with Gasteiger partial charge >= 0.3 is 11.9 Å². The van der Waals surface area contributed by atoms with Crippen molar-refractivity contribution in [3.63, 3.8) is 0 Å². The average Bonchev–Trinajstić information content (AvgIpc) is 3.55. The number of Topliss-reactive ketones (excluding diaryl/α,β-unsaturated/α-hetero) is 1. The first kappa shape index (κ1) is 35.6. The summed E-state index contributed by atoms with van der Waals surface area (Å²) in [7, 11) is 0. The summed E-state index contributed by atoms with van der Waals surface area (Å²) in [6.45, 7) is 5.97. The van der Waals surface area contributed by atoms with Crippen LogP contribution in [0.1, 0.15) is 65.5 Å². The van der Waals surface area contributed by atoms with Crippen LogP contribution in [0.5, 0.6) is 0 Å². The molecule has 10 atom stereocenters. The van der Waals surface area contributed by atoms with Crippen molar-refractivity contribution in [2.75, 3.05) is 6.61 Å². The van der Waals surface area contributed by atoms with Crippen LogP contribution in [0.4, 0.5) is 4.39 Å². The fraction of sp³-hybridized carbons (Fsp3) is 0.647. The summed E-state index contributed by atoms with van der Waals surface area (Å²) in [4.78, 5) is 66.0. The Hall–Kier alpha value is -3.75. The van der Waals surface area contributed by atoms with Gasteiger partial charge in [-0.05, 0) is 63.5 Å². The van der Waals surface area contributed by atoms with Crippen LogP contribution in [0.25, 0.3) is 0 Å². The van der Waals surface area contributed by atoms with Crippen LogP contribution < -0.4 is 11.1 Å². The van der Waals surface area contributed by atoms with Gasteiger partial charge in [-0.15, -0.1) is 0 Å². The molecule has 262 valence electrons. The molecule has 14 heteroatoms. The Bertz CT molecular complexity index is 1570. The predicted octanol–water partition coefficient (Wildman–Crippen LogP) is 1.19. The summed E-state index contributed by atoms with van der Waals surface area (Å²) in [5.74, 6) is -5.24. The van der Waals surface area contributed by atoms with E-state index in [1.54, 1.807) is 26.8 Å². The van der Waals surface area contributed by atoms with Crippen LogP contribution in [0.3, 0.4) is 0 Å². The summed E-state index contributed by atoms with van der Waals surface area (Å²) in [5.41, 5.74) is 0.0353. The molecule has 48 heavy (non-hydrogen) atoms. The highest BCUT2D eigenvalue weighted by molar-refractivity contribution is 6.01. The summed E-state index contributed by atoms with van der Waals surface area (Å²) in [5, 5.41) is 35.4. The molecule has 2 unspecified atom stereocenters. The third-order valence-electron chi connectivity index (χ3n) is 11.7. The number of nitrogens with zero attached hydrogens (tertiary/aromatic N) is 2. The highest BCUT2D eigenvalue weighted by Crippen LogP contribution is 2.70. The van der Waals surface area contributed by atoms with Gasteiger partial charge in [-0.2, -0.15) is 0 Å². The molecule has 0 saturated heterocycles. The molecule has 6 N–H and O–H groups in total. The van der Waals surface area contributed by atoms with Crippen LogP contribution in [-0.2, 0) is 41.7 Å². The molecule has 1 aromatic heterocycles. The number of aliphatic hydroxyl groups is 2. The lowest BCUT2D eigenvalue weighted by Gasteiger charge is -2.62. The number of aryl methyl sites for hydroxylation is 1. The van der Waals surface area contributed by atoms with Gasteiger partial charge in [-0.1, -0.05) is 25.5 Å². The zero-order valence-corrected chi connectivity index (χ0v) is 27.6. The van der Waals surface area contributed by atoms with Crippen molar-refractivity contribution >= 4 is 29.4 Å². The number of esters is 1. The maximum Gasteiger partial charge on any atom is 0.326 e. The van der Waals surface area contributed by atoms with Crippen LogP contribution >= 0.6 is 0 Å². The van der Waals surface area contributed by atoms with Crippen LogP contribution in [-0.4, -0.2) is 90.3 Å². The van der Waals surface area contributed by atoms with E-state index in [4.69, 9.17) is 10.5 Å². The van der Waals surface area contributed by atoms with E-state index in [2.05, 4.69) is 10.3 Å². The summed E-state index contributed by atoms with van der Waals surface area (Å²) < 4.78 is 24.2. The number of carbonyl (C=O) groups is 5. The number of aliphatic hydroxyl groups excluding tert-OH is 1. The summed E-state index contributed by atoms with van der Waals surface area (Å²) >= 11 is 0. The molecular weight excluding hydrogens is 627 g/mol. The fourth-order valence-electron chi connectivity index (χ4n) is 9.04. The number of aromatic nitrogens is 2. The van der Waals surface area contributed by atoms with E-state index in [0.29, 0.717) is 30.5 Å². The second-order valence-electron chi connectivity index (χ2n) is 14.5. The Morgan fingerprint density at radius 3 is 2.62 bits per heavy atom. The van der Waals surface area contributed by atoms with Crippen molar-refractivity contribution in [3.05, 3.63) is 42.0 Å². The number of hydrogen-bond acceptors (Lipinski definition) is 10. The highest BCUT2D eigenvalue weighted by Gasteiger charge is 2.75. The normalized spacial score (nSPS) is 36.6. The van der Waals surface area contributed by atoms with Crippen LogP contribution in [0.15, 0.2) is 36.3 Å². The molecule has 0 spiro atoms. The lowest BCUT2D eigenvalue weighted by atomic mass is 9.44. The Balaban J connectivity index is 1.21. The number of halogens is 1. The van der Waals surface area contributed by atoms with Gasteiger partial charge in [0.25, 0.3) is 0 Å². The summed E-state index contributed by atoms with van der Waals surface area (Å²) in [6.07, 6.45) is 6.47. The lowest BCUT2D eigenvalue weighted by Crippen LogP contribution is -2.69. The van der Waals surface area contributed by atoms with Crippen molar-refractivity contribution in [1.82, 2.24) is 14.9 Å². The number of carboxylic acids is 1. The minimum absolute atomic E-state index is 0.103. The van der Waals surface area contributed by atoms with Crippen LogP contribution in [0.2, 0.25) is 0 Å². The smallest absolute Gasteiger partial charge is 0.326 e. The molecule has 5 rings (SSSR count). The molecule has 0 aromatic carbocycles. The SMILES string of the molecule is CC(N)C(=O)NC(Cc1cn(CCC(=O)OCC(=O)[C@@]2(O)[C@H](C)C[C@H]3[C@@H]4CCC5=CC(=O)C=C[C@]5(C)[C@@]4(F)[C@@H](O)C[C@@]32C)cn1)C(=O)O. The van der Waals surface area contributed by atoms with Gasteiger partial charge in [0.15, 0.2) is 18.1 Å². The number of allylic oxidation sites excluding steroid dienone is 4. The van der Waals surface area contributed by atoms with Gasteiger partial charge < -0.3 is 35.7 Å². The molecule has 4 aliphatic carbocycles. The number of carboxylic acid groups (broad SMARTS) is 1. The maximum atomic E-state index is 17.4. The predicted molar refractivity (Wildman–Crippen MR) is 168 cm³/mol. The van der Waals surface area contributed by atoms with Gasteiger partial charge in [0.1, 0.15) is 11.6 Å². The minimum Gasteiger partial charge on any atom is -0.480 e. The number of imidazole rings is 1. The molecule has 1 heterocycles. The number of hydrogen-bond donors (Lipinski definition) is 5. The van der Waals surface area contributed by atoms with Gasteiger partial charge in [0, 0.05) is 35.9 Å². The number of nitrogens with one attached hydrogen (secondary N) is 1. The van der Waals surface area contributed by atoms with E-state index in [1.165, 1.54) is 36.2 Å². The number of amides is 1. The van der Waals surface area contributed by atoms with Crippen molar-refractivity contribution in [3.8, 4) is 0 Å². The Kier molecular flexibility index (Phi) is 9.34. The van der Waals surface area contributed by atoms with Crippen molar-refractivity contribution < 1.29 is 48.4 Å². The first-order valence-corrected chi connectivity index (χ1v) is 16.4. The first-order valence-electron chi connectivity index (χ1n) is 16.4. The average molecular weight is 673 g/mol. The van der Waals surface area contributed by atoms with Gasteiger partial charge in [0.05, 0.1) is 30.6 Å². The molecule has 3 fully saturated rings. The van der Waals surface area contributed by atoms with E-state index in [-0.39, 0.29) is 31.6 Å². The Morgan fingerprint density at radius 2 is 1.96 bits per heavy atom. The second kappa shape index (κ2) is 12.6. The summed E-state index contributed by atoms with van der Waals surface area (Å²) in [6, 6.07) is -2.13. The number of nitrogens with two attached hydrogens (primary N) is 1. The van der Waals surface area contributed by atoms with E-state index in [0.717, 1.165) is 0 Å². The molecule has 1 amide bonds. The van der Waals surface area contributed by atoms with Crippen molar-refractivity contribution in [1.29, 1.82) is 0 Å². The van der Waals surface area contributed by atoms with Gasteiger partial charge in [-0.3, -0.25) is 19.2 Å². The molecule has 1 aromatic rings.